The summed E-state index contributed by atoms with van der Waals surface area (Å²) in [6.45, 7) is 6.36. The lowest BCUT2D eigenvalue weighted by Crippen LogP contribution is -2.38. The van der Waals surface area contributed by atoms with Gasteiger partial charge in [0.05, 0.1) is 33.0 Å². The Balaban J connectivity index is 1.24. The third-order valence-electron chi connectivity index (χ3n) is 9.95. The monoisotopic (exact) mass is 827 g/mol. The van der Waals surface area contributed by atoms with Crippen LogP contribution in [0.15, 0.2) is 126 Å². The number of anilines is 1. The molecule has 2 saturated heterocycles. The van der Waals surface area contributed by atoms with Crippen LogP contribution < -0.4 is 20.5 Å². The van der Waals surface area contributed by atoms with Crippen LogP contribution in [-0.2, 0) is 35.9 Å². The fraction of sp³-hybridized carbons (Fsp3) is 0.326. The maximum Gasteiger partial charge on any atom is 0.351 e. The van der Waals surface area contributed by atoms with Crippen molar-refractivity contribution in [1.29, 1.82) is 0 Å². The highest BCUT2D eigenvalue weighted by Crippen LogP contribution is 2.71. The van der Waals surface area contributed by atoms with Gasteiger partial charge in [0.1, 0.15) is 35.2 Å². The predicted molar refractivity (Wildman–Crippen MR) is 226 cm³/mol. The summed E-state index contributed by atoms with van der Waals surface area (Å²) in [6.07, 6.45) is 0.486. The molecule has 0 bridgehead atoms. The number of amides is 1. The molecule has 298 valence electrons. The number of methoxy groups -OCH3 is 2. The zero-order chi connectivity index (χ0) is 40.2. The molecule has 5 aromatic rings. The van der Waals surface area contributed by atoms with Crippen LogP contribution in [0.3, 0.4) is 0 Å². The molecule has 0 radical (unpaired) electrons. The molecule has 7 rings (SSSR count). The van der Waals surface area contributed by atoms with Crippen molar-refractivity contribution < 1.29 is 32.8 Å². The molecule has 2 fully saturated rings. The fourth-order valence-corrected chi connectivity index (χ4v) is 15.2. The van der Waals surface area contributed by atoms with Gasteiger partial charge in [-0.15, -0.1) is 0 Å². The maximum absolute atomic E-state index is 13.6. The van der Waals surface area contributed by atoms with Crippen LogP contribution in [0.4, 0.5) is 5.82 Å². The van der Waals surface area contributed by atoms with Crippen molar-refractivity contribution in [2.24, 2.45) is 0 Å². The highest BCUT2D eigenvalue weighted by Gasteiger charge is 2.47. The molecule has 1 N–H and O–H groups in total. The van der Waals surface area contributed by atoms with Gasteiger partial charge in [-0.25, -0.2) is 4.79 Å². The number of rotatable bonds is 13. The standard InChI is InChI=1S/C43H46N3O8PS2/c1-29-27-42(2,3)57-55(56,53-29)54-36-26-39(46-25-24-38(45-41(46)48)44-40(47)30-12-8-6-9-13-30)52-37(36)28-51-43(31-14-10-7-11-15-31,32-16-20-34(49-4)21-17-32)33-18-22-35(50-5)23-19-33/h6-25,29,36-37,39H,26-28H2,1-5H3,(H,44,45,47,48)/t29-,36-,37+,39+,55-/m0/s1. The van der Waals surface area contributed by atoms with Crippen LogP contribution >= 0.6 is 17.1 Å². The summed E-state index contributed by atoms with van der Waals surface area (Å²) < 4.78 is 39.5. The lowest BCUT2D eigenvalue weighted by Gasteiger charge is -2.41. The predicted octanol–water partition coefficient (Wildman–Crippen LogP) is 8.74. The van der Waals surface area contributed by atoms with E-state index in [1.54, 1.807) is 62.1 Å². The second-order valence-electron chi connectivity index (χ2n) is 14.6. The third kappa shape index (κ3) is 9.21. The lowest BCUT2D eigenvalue weighted by atomic mass is 9.80. The van der Waals surface area contributed by atoms with Crippen LogP contribution in [0, 0.1) is 0 Å². The maximum atomic E-state index is 13.6. The first-order valence-electron chi connectivity index (χ1n) is 18.7. The van der Waals surface area contributed by atoms with E-state index in [1.807, 2.05) is 91.9 Å². The second kappa shape index (κ2) is 17.3. The van der Waals surface area contributed by atoms with Gasteiger partial charge in [0.15, 0.2) is 0 Å². The highest BCUT2D eigenvalue weighted by atomic mass is 32.9. The molecule has 11 nitrogen and oxygen atoms in total. The van der Waals surface area contributed by atoms with Crippen LogP contribution in [0.5, 0.6) is 11.5 Å². The molecule has 2 aliphatic heterocycles. The summed E-state index contributed by atoms with van der Waals surface area (Å²) in [5, 5.41) is 2.71. The number of hydrogen-bond donors (Lipinski definition) is 1. The minimum Gasteiger partial charge on any atom is -0.497 e. The molecule has 1 aromatic heterocycles. The third-order valence-corrected chi connectivity index (χ3v) is 15.8. The van der Waals surface area contributed by atoms with E-state index in [0.29, 0.717) is 17.1 Å². The number of carbonyl (C=O) groups excluding carboxylic acids is 1. The quantitative estimate of drug-likeness (QED) is 0.0907. The van der Waals surface area contributed by atoms with Gasteiger partial charge in [-0.2, -0.15) is 4.98 Å². The highest BCUT2D eigenvalue weighted by molar-refractivity contribution is 8.68. The molecular formula is C43H46N3O8PS2. The van der Waals surface area contributed by atoms with Gasteiger partial charge in [0, 0.05) is 22.9 Å². The van der Waals surface area contributed by atoms with E-state index in [-0.39, 0.29) is 35.6 Å². The number of carbonyl (C=O) groups is 1. The Morgan fingerprint density at radius 1 is 0.912 bits per heavy atom. The lowest BCUT2D eigenvalue weighted by molar-refractivity contribution is -0.0917. The number of nitrogens with one attached hydrogen (secondary N) is 1. The first-order valence-corrected chi connectivity index (χ1v) is 22.7. The Morgan fingerprint density at radius 3 is 2.05 bits per heavy atom. The van der Waals surface area contributed by atoms with Gasteiger partial charge in [0.25, 0.3) is 5.91 Å². The molecule has 14 heteroatoms. The second-order valence-corrected chi connectivity index (χ2v) is 21.3. The molecular weight excluding hydrogens is 782 g/mol. The van der Waals surface area contributed by atoms with Crippen LogP contribution in [-0.4, -0.2) is 59.3 Å². The molecule has 5 atom stereocenters. The van der Waals surface area contributed by atoms with Crippen molar-refractivity contribution in [3.63, 3.8) is 0 Å². The zero-order valence-electron chi connectivity index (χ0n) is 32.4. The summed E-state index contributed by atoms with van der Waals surface area (Å²) >= 11 is 7.72. The summed E-state index contributed by atoms with van der Waals surface area (Å²) in [4.78, 5) is 30.6. The molecule has 0 aliphatic carbocycles. The van der Waals surface area contributed by atoms with E-state index in [1.165, 1.54) is 4.57 Å². The van der Waals surface area contributed by atoms with Gasteiger partial charge >= 0.3 is 5.69 Å². The minimum atomic E-state index is -2.88. The smallest absolute Gasteiger partial charge is 0.351 e. The van der Waals surface area contributed by atoms with E-state index >= 15 is 0 Å². The van der Waals surface area contributed by atoms with E-state index in [0.717, 1.165) is 23.1 Å². The first-order chi connectivity index (χ1) is 27.4. The summed E-state index contributed by atoms with van der Waals surface area (Å²) in [5.41, 5.74) is -1.56. The Bertz CT molecular complexity index is 2210. The van der Waals surface area contributed by atoms with Crippen LogP contribution in [0.1, 0.15) is 66.9 Å². The summed E-state index contributed by atoms with van der Waals surface area (Å²) in [7, 11) is 3.26. The Morgan fingerprint density at radius 2 is 1.49 bits per heavy atom. The summed E-state index contributed by atoms with van der Waals surface area (Å²) in [5.74, 6) is 1.16. The van der Waals surface area contributed by atoms with Crippen molar-refractivity contribution in [3.8, 4) is 11.5 Å². The molecule has 57 heavy (non-hydrogen) atoms. The first kappa shape index (κ1) is 40.9. The van der Waals surface area contributed by atoms with Crippen molar-refractivity contribution in [2.45, 2.75) is 68.5 Å². The van der Waals surface area contributed by atoms with Crippen molar-refractivity contribution in [1.82, 2.24) is 9.55 Å². The Kier molecular flexibility index (Phi) is 12.4. The normalized spacial score (nSPS) is 23.1. The number of ether oxygens (including phenoxy) is 4. The molecule has 0 spiro atoms. The van der Waals surface area contributed by atoms with Gasteiger partial charge < -0.3 is 33.3 Å². The number of aromatic nitrogens is 2. The van der Waals surface area contributed by atoms with Gasteiger partial charge in [-0.1, -0.05) is 98.0 Å². The molecule has 3 heterocycles. The fourth-order valence-electron chi connectivity index (χ4n) is 7.42. The van der Waals surface area contributed by atoms with E-state index in [9.17, 15) is 9.59 Å². The van der Waals surface area contributed by atoms with Crippen molar-refractivity contribution in [3.05, 3.63) is 154 Å². The Hall–Kier alpha value is -4.33. The molecule has 0 saturated carbocycles. The molecule has 0 unspecified atom stereocenters. The Labute approximate surface area is 341 Å². The van der Waals surface area contributed by atoms with Gasteiger partial charge in [-0.05, 0) is 84.3 Å². The van der Waals surface area contributed by atoms with Gasteiger partial charge in [-0.3, -0.25) is 9.36 Å². The van der Waals surface area contributed by atoms with E-state index in [2.05, 4.69) is 24.1 Å². The topological polar surface area (TPSA) is 119 Å². The molecule has 1 amide bonds. The summed E-state index contributed by atoms with van der Waals surface area (Å²) in [6, 6.07) is 35.9. The molecule has 2 aliphatic rings. The van der Waals surface area contributed by atoms with Gasteiger partial charge in [0.2, 0.25) is 5.69 Å². The number of hydrogen-bond acceptors (Lipinski definition) is 11. The van der Waals surface area contributed by atoms with Crippen LogP contribution in [0.25, 0.3) is 0 Å². The van der Waals surface area contributed by atoms with Crippen molar-refractivity contribution >= 4 is 40.6 Å². The SMILES string of the molecule is COc1ccc(C(OC[C@H]2O[C@@H](n3ccc(NC(=O)c4ccccc4)nc3=O)C[C@@H]2O[P@]2(=S)O[C@@H](C)CC(C)(C)S2)(c2ccccc2)c2ccc(OC)cc2)cc1. The zero-order valence-corrected chi connectivity index (χ0v) is 34.9. The average molecular weight is 828 g/mol. The van der Waals surface area contributed by atoms with Crippen molar-refractivity contribution in [2.75, 3.05) is 26.1 Å². The largest absolute Gasteiger partial charge is 0.497 e. The average Bonchev–Trinajstić information content (AvgIpc) is 3.59. The number of nitrogens with zero attached hydrogens (tertiary/aromatic N) is 2. The molecule has 4 aromatic carbocycles. The minimum absolute atomic E-state index is 0.0421. The van der Waals surface area contributed by atoms with E-state index < -0.39 is 35.4 Å². The van der Waals surface area contributed by atoms with E-state index in [4.69, 9.17) is 39.8 Å². The van der Waals surface area contributed by atoms with Crippen LogP contribution in [0.2, 0.25) is 0 Å². The number of benzene rings is 4.